The number of hydrogen-bond donors (Lipinski definition) is 1. The third-order valence-corrected chi connectivity index (χ3v) is 3.01. The number of nitro groups is 2. The number of rotatable bonds is 4. The van der Waals surface area contributed by atoms with E-state index in [4.69, 9.17) is 0 Å². The highest BCUT2D eigenvalue weighted by Gasteiger charge is 2.12. The quantitative estimate of drug-likeness (QED) is 0.688. The minimum absolute atomic E-state index is 0.0640. The number of carbonyl (C=O) groups excluding carboxylic acids is 1. The number of nitrogens with one attached hydrogen (secondary N) is 1. The third-order valence-electron chi connectivity index (χ3n) is 3.01. The monoisotopic (exact) mass is 301 g/mol. The molecule has 0 saturated heterocycles. The van der Waals surface area contributed by atoms with Crippen LogP contribution in [0.1, 0.15) is 15.9 Å². The first-order valence-corrected chi connectivity index (χ1v) is 6.19. The van der Waals surface area contributed by atoms with Gasteiger partial charge in [-0.3, -0.25) is 25.0 Å². The molecule has 0 saturated carbocycles. The van der Waals surface area contributed by atoms with Crippen LogP contribution >= 0.6 is 0 Å². The molecular formula is C14H11N3O5. The molecule has 0 aliphatic carbocycles. The van der Waals surface area contributed by atoms with Crippen LogP contribution in [0.5, 0.6) is 0 Å². The summed E-state index contributed by atoms with van der Waals surface area (Å²) in [5.74, 6) is -0.452. The fourth-order valence-corrected chi connectivity index (χ4v) is 1.83. The summed E-state index contributed by atoms with van der Waals surface area (Å²) in [4.78, 5) is 32.2. The van der Waals surface area contributed by atoms with Crippen molar-refractivity contribution < 1.29 is 14.6 Å². The molecule has 0 radical (unpaired) electrons. The minimum atomic E-state index is -0.553. The standard InChI is InChI=1S/C14H11N3O5/c1-9-8-12(17(21)22)6-7-13(9)15-14(18)10-2-4-11(5-3-10)16(19)20/h2-8H,1H3,(H,15,18). The Morgan fingerprint density at radius 3 is 2.00 bits per heavy atom. The Morgan fingerprint density at radius 2 is 1.50 bits per heavy atom. The van der Waals surface area contributed by atoms with Gasteiger partial charge >= 0.3 is 0 Å². The van der Waals surface area contributed by atoms with Crippen LogP contribution in [0, 0.1) is 27.2 Å². The summed E-state index contributed by atoms with van der Waals surface area (Å²) in [6.45, 7) is 1.64. The Labute approximate surface area is 124 Å². The van der Waals surface area contributed by atoms with Crippen molar-refractivity contribution in [3.63, 3.8) is 0 Å². The summed E-state index contributed by atoms with van der Waals surface area (Å²) in [6, 6.07) is 9.23. The van der Waals surface area contributed by atoms with E-state index >= 15 is 0 Å². The highest BCUT2D eigenvalue weighted by atomic mass is 16.6. The molecule has 2 aromatic rings. The molecule has 1 amide bonds. The predicted molar refractivity (Wildman–Crippen MR) is 78.9 cm³/mol. The largest absolute Gasteiger partial charge is 0.322 e. The zero-order valence-corrected chi connectivity index (χ0v) is 11.5. The fraction of sp³-hybridized carbons (Fsp3) is 0.0714. The highest BCUT2D eigenvalue weighted by Crippen LogP contribution is 2.22. The SMILES string of the molecule is Cc1cc([N+](=O)[O-])ccc1NC(=O)c1ccc([N+](=O)[O-])cc1. The molecule has 0 bridgehead atoms. The van der Waals surface area contributed by atoms with E-state index in [0.717, 1.165) is 0 Å². The second-order valence-electron chi connectivity index (χ2n) is 4.51. The Bertz CT molecular complexity index is 756. The second kappa shape index (κ2) is 6.00. The Kier molecular flexibility index (Phi) is 4.12. The van der Waals surface area contributed by atoms with E-state index in [2.05, 4.69) is 5.32 Å². The van der Waals surface area contributed by atoms with E-state index in [0.29, 0.717) is 11.3 Å². The predicted octanol–water partition coefficient (Wildman–Crippen LogP) is 3.06. The van der Waals surface area contributed by atoms with Gasteiger partial charge in [-0.2, -0.15) is 0 Å². The zero-order valence-electron chi connectivity index (χ0n) is 11.5. The van der Waals surface area contributed by atoms with Crippen molar-refractivity contribution in [1.82, 2.24) is 0 Å². The molecule has 0 unspecified atom stereocenters. The van der Waals surface area contributed by atoms with Gasteiger partial charge in [0.1, 0.15) is 0 Å². The minimum Gasteiger partial charge on any atom is -0.322 e. The van der Waals surface area contributed by atoms with Gasteiger partial charge in [-0.1, -0.05) is 0 Å². The van der Waals surface area contributed by atoms with Gasteiger partial charge in [0.05, 0.1) is 9.85 Å². The number of aryl methyl sites for hydroxylation is 1. The number of nitro benzene ring substituents is 2. The number of anilines is 1. The topological polar surface area (TPSA) is 115 Å². The fourth-order valence-electron chi connectivity index (χ4n) is 1.83. The number of carbonyl (C=O) groups is 1. The van der Waals surface area contributed by atoms with E-state index < -0.39 is 15.8 Å². The third kappa shape index (κ3) is 3.23. The molecule has 2 aromatic carbocycles. The summed E-state index contributed by atoms with van der Waals surface area (Å²) < 4.78 is 0. The first kappa shape index (κ1) is 15.1. The molecule has 0 spiro atoms. The maximum atomic E-state index is 12.1. The molecule has 112 valence electrons. The van der Waals surface area contributed by atoms with Gasteiger partial charge < -0.3 is 5.32 Å². The Morgan fingerprint density at radius 1 is 0.955 bits per heavy atom. The average molecular weight is 301 g/mol. The smallest absolute Gasteiger partial charge is 0.269 e. The van der Waals surface area contributed by atoms with E-state index in [9.17, 15) is 25.0 Å². The first-order valence-electron chi connectivity index (χ1n) is 6.19. The van der Waals surface area contributed by atoms with Gasteiger partial charge in [-0.15, -0.1) is 0 Å². The number of amides is 1. The number of hydrogen-bond acceptors (Lipinski definition) is 5. The van der Waals surface area contributed by atoms with Crippen molar-refractivity contribution in [2.24, 2.45) is 0 Å². The van der Waals surface area contributed by atoms with Crippen LogP contribution in [-0.4, -0.2) is 15.8 Å². The van der Waals surface area contributed by atoms with Crippen molar-refractivity contribution >= 4 is 23.0 Å². The van der Waals surface area contributed by atoms with Gasteiger partial charge in [0.2, 0.25) is 0 Å². The molecule has 0 atom stereocenters. The molecule has 8 heteroatoms. The molecule has 1 N–H and O–H groups in total. The molecule has 22 heavy (non-hydrogen) atoms. The van der Waals surface area contributed by atoms with E-state index in [1.807, 2.05) is 0 Å². The molecule has 0 aromatic heterocycles. The van der Waals surface area contributed by atoms with Crippen LogP contribution in [0.3, 0.4) is 0 Å². The highest BCUT2D eigenvalue weighted by molar-refractivity contribution is 6.04. The van der Waals surface area contributed by atoms with E-state index in [1.54, 1.807) is 6.92 Å². The van der Waals surface area contributed by atoms with Gasteiger partial charge in [-0.05, 0) is 30.7 Å². The van der Waals surface area contributed by atoms with Crippen LogP contribution in [0.25, 0.3) is 0 Å². The number of benzene rings is 2. The van der Waals surface area contributed by atoms with Gasteiger partial charge in [-0.25, -0.2) is 0 Å². The lowest BCUT2D eigenvalue weighted by Crippen LogP contribution is -2.12. The van der Waals surface area contributed by atoms with Gasteiger partial charge in [0.15, 0.2) is 0 Å². The molecular weight excluding hydrogens is 290 g/mol. The molecule has 2 rings (SSSR count). The summed E-state index contributed by atoms with van der Waals surface area (Å²) in [6.07, 6.45) is 0. The Balaban J connectivity index is 2.18. The van der Waals surface area contributed by atoms with Crippen molar-refractivity contribution in [2.75, 3.05) is 5.32 Å². The van der Waals surface area contributed by atoms with Crippen molar-refractivity contribution in [1.29, 1.82) is 0 Å². The van der Waals surface area contributed by atoms with Gasteiger partial charge in [0.25, 0.3) is 17.3 Å². The number of nitrogens with zero attached hydrogens (tertiary/aromatic N) is 2. The van der Waals surface area contributed by atoms with Crippen molar-refractivity contribution in [3.8, 4) is 0 Å². The lowest BCUT2D eigenvalue weighted by Gasteiger charge is -2.08. The summed E-state index contributed by atoms with van der Waals surface area (Å²) in [7, 11) is 0. The van der Waals surface area contributed by atoms with Crippen LogP contribution in [0.2, 0.25) is 0 Å². The van der Waals surface area contributed by atoms with Crippen LogP contribution in [0.15, 0.2) is 42.5 Å². The molecule has 0 aliphatic heterocycles. The van der Waals surface area contributed by atoms with Crippen molar-refractivity contribution in [3.05, 3.63) is 73.8 Å². The van der Waals surface area contributed by atoms with Crippen LogP contribution in [-0.2, 0) is 0 Å². The molecule has 0 aliphatic rings. The van der Waals surface area contributed by atoms with E-state index in [-0.39, 0.29) is 16.9 Å². The maximum absolute atomic E-state index is 12.1. The summed E-state index contributed by atoms with van der Waals surface area (Å²) in [5, 5.41) is 23.8. The lowest BCUT2D eigenvalue weighted by molar-refractivity contribution is -0.385. The van der Waals surface area contributed by atoms with Gasteiger partial charge in [0, 0.05) is 35.5 Å². The molecule has 8 nitrogen and oxygen atoms in total. The summed E-state index contributed by atoms with van der Waals surface area (Å²) in [5.41, 5.74) is 1.07. The van der Waals surface area contributed by atoms with Crippen molar-refractivity contribution in [2.45, 2.75) is 6.92 Å². The Hall–Kier alpha value is -3.29. The second-order valence-corrected chi connectivity index (χ2v) is 4.51. The summed E-state index contributed by atoms with van der Waals surface area (Å²) >= 11 is 0. The van der Waals surface area contributed by atoms with Crippen LogP contribution in [0.4, 0.5) is 17.1 Å². The average Bonchev–Trinajstić information content (AvgIpc) is 2.49. The maximum Gasteiger partial charge on any atom is 0.269 e. The normalized spacial score (nSPS) is 10.0. The number of non-ortho nitro benzene ring substituents is 2. The van der Waals surface area contributed by atoms with E-state index in [1.165, 1.54) is 42.5 Å². The molecule has 0 heterocycles. The zero-order chi connectivity index (χ0) is 16.3. The van der Waals surface area contributed by atoms with Crippen LogP contribution < -0.4 is 5.32 Å². The first-order chi connectivity index (χ1) is 10.4. The lowest BCUT2D eigenvalue weighted by atomic mass is 10.1. The molecule has 0 fully saturated rings.